The molecule has 0 bridgehead atoms. The van der Waals surface area contributed by atoms with Crippen molar-refractivity contribution in [2.24, 2.45) is 0 Å². The van der Waals surface area contributed by atoms with Gasteiger partial charge in [0.15, 0.2) is 0 Å². The van der Waals surface area contributed by atoms with Crippen molar-refractivity contribution in [2.75, 3.05) is 6.54 Å². The Morgan fingerprint density at radius 3 is 2.38 bits per heavy atom. The van der Waals surface area contributed by atoms with Gasteiger partial charge in [-0.25, -0.2) is 18.1 Å². The average Bonchev–Trinajstić information content (AvgIpc) is 3.18. The lowest BCUT2D eigenvalue weighted by Crippen LogP contribution is -2.26. The molecule has 1 aromatic heterocycles. The van der Waals surface area contributed by atoms with Crippen LogP contribution in [0.4, 0.5) is 0 Å². The van der Waals surface area contributed by atoms with Crippen molar-refractivity contribution in [2.45, 2.75) is 24.7 Å². The molecular formula is C23H23N3O2S. The Morgan fingerprint density at radius 2 is 1.66 bits per heavy atom. The van der Waals surface area contributed by atoms with E-state index in [2.05, 4.69) is 45.9 Å². The topological polar surface area (TPSA) is 74.8 Å². The molecule has 5 nitrogen and oxygen atoms in total. The number of aryl methyl sites for hydroxylation is 1. The first-order valence-corrected chi connectivity index (χ1v) is 11.2. The number of fused-ring (bicyclic) bond motifs is 1. The normalized spacial score (nSPS) is 11.8. The molecule has 4 rings (SSSR count). The fourth-order valence-corrected chi connectivity index (χ4v) is 4.30. The van der Waals surface area contributed by atoms with Gasteiger partial charge < -0.3 is 4.98 Å². The largest absolute Gasteiger partial charge is 0.338 e. The van der Waals surface area contributed by atoms with E-state index in [0.717, 1.165) is 28.9 Å². The van der Waals surface area contributed by atoms with E-state index in [9.17, 15) is 8.42 Å². The summed E-state index contributed by atoms with van der Waals surface area (Å²) >= 11 is 0. The molecule has 0 aliphatic heterocycles. The molecule has 0 aliphatic carbocycles. The van der Waals surface area contributed by atoms with Crippen LogP contribution in [0.2, 0.25) is 0 Å². The summed E-state index contributed by atoms with van der Waals surface area (Å²) in [4.78, 5) is 8.00. The van der Waals surface area contributed by atoms with E-state index in [1.807, 2.05) is 30.3 Å². The molecule has 3 aromatic carbocycles. The average molecular weight is 406 g/mol. The highest BCUT2D eigenvalue weighted by Crippen LogP contribution is 2.22. The Kier molecular flexibility index (Phi) is 5.47. The summed E-state index contributed by atoms with van der Waals surface area (Å²) in [6, 6.07) is 23.0. The third kappa shape index (κ3) is 4.39. The lowest BCUT2D eigenvalue weighted by molar-refractivity contribution is 0.582. The number of hydrogen-bond acceptors (Lipinski definition) is 3. The van der Waals surface area contributed by atoms with Crippen LogP contribution >= 0.6 is 0 Å². The Hall–Kier alpha value is -2.96. The first kappa shape index (κ1) is 19.4. The van der Waals surface area contributed by atoms with Crippen LogP contribution in [0.1, 0.15) is 18.1 Å². The number of sulfonamides is 1. The molecule has 0 saturated carbocycles. The summed E-state index contributed by atoms with van der Waals surface area (Å²) in [7, 11) is -3.59. The molecule has 29 heavy (non-hydrogen) atoms. The van der Waals surface area contributed by atoms with E-state index in [4.69, 9.17) is 0 Å². The first-order chi connectivity index (χ1) is 14.0. The maximum Gasteiger partial charge on any atom is 0.240 e. The molecule has 0 spiro atoms. The number of nitrogens with one attached hydrogen (secondary N) is 2. The standard InChI is InChI=1S/C23H23N3O2S/c1-2-17-8-10-18(11-9-17)14-15-24-29(27,28)20-12-13-21-22(16-20)26-23(25-21)19-6-4-3-5-7-19/h3-13,16,24H,2,14-15H2,1H3,(H,25,26). The second-order valence-electron chi connectivity index (χ2n) is 6.95. The molecule has 0 saturated heterocycles. The van der Waals surface area contributed by atoms with Gasteiger partial charge in [-0.1, -0.05) is 61.5 Å². The Bertz CT molecular complexity index is 1210. The van der Waals surface area contributed by atoms with E-state index >= 15 is 0 Å². The number of nitrogens with zero attached hydrogens (tertiary/aromatic N) is 1. The second kappa shape index (κ2) is 8.19. The zero-order valence-electron chi connectivity index (χ0n) is 16.2. The van der Waals surface area contributed by atoms with Crippen LogP contribution < -0.4 is 4.72 Å². The summed E-state index contributed by atoms with van der Waals surface area (Å²) in [5.41, 5.74) is 4.78. The monoisotopic (exact) mass is 405 g/mol. The van der Waals surface area contributed by atoms with Crippen LogP contribution in [-0.4, -0.2) is 24.9 Å². The van der Waals surface area contributed by atoms with Crippen LogP contribution in [0.5, 0.6) is 0 Å². The number of aromatic nitrogens is 2. The van der Waals surface area contributed by atoms with E-state index in [1.165, 1.54) is 5.56 Å². The first-order valence-electron chi connectivity index (χ1n) is 9.68. The van der Waals surface area contributed by atoms with Crippen LogP contribution in [0.15, 0.2) is 77.7 Å². The fourth-order valence-electron chi connectivity index (χ4n) is 3.24. The van der Waals surface area contributed by atoms with Crippen molar-refractivity contribution in [3.8, 4) is 11.4 Å². The van der Waals surface area contributed by atoms with E-state index < -0.39 is 10.0 Å². The molecule has 148 valence electrons. The lowest BCUT2D eigenvalue weighted by atomic mass is 10.1. The zero-order chi connectivity index (χ0) is 20.3. The van der Waals surface area contributed by atoms with Gasteiger partial charge in [-0.3, -0.25) is 0 Å². The summed E-state index contributed by atoms with van der Waals surface area (Å²) < 4.78 is 28.1. The van der Waals surface area contributed by atoms with Crippen molar-refractivity contribution in [1.29, 1.82) is 0 Å². The highest BCUT2D eigenvalue weighted by atomic mass is 32.2. The molecule has 0 radical (unpaired) electrons. The fraction of sp³-hybridized carbons (Fsp3) is 0.174. The minimum atomic E-state index is -3.59. The summed E-state index contributed by atoms with van der Waals surface area (Å²) in [5.74, 6) is 0.721. The number of aromatic amines is 1. The molecule has 2 N–H and O–H groups in total. The highest BCUT2D eigenvalue weighted by Gasteiger charge is 2.15. The SMILES string of the molecule is CCc1ccc(CCNS(=O)(=O)c2ccc3nc(-c4ccccc4)[nH]c3c2)cc1. The number of rotatable bonds is 7. The summed E-state index contributed by atoms with van der Waals surface area (Å²) in [6.07, 6.45) is 1.64. The molecule has 0 fully saturated rings. The number of imidazole rings is 1. The molecular weight excluding hydrogens is 382 g/mol. The molecule has 4 aromatic rings. The molecule has 6 heteroatoms. The van der Waals surface area contributed by atoms with Gasteiger partial charge in [-0.05, 0) is 42.2 Å². The van der Waals surface area contributed by atoms with Crippen LogP contribution in [0.3, 0.4) is 0 Å². The number of hydrogen-bond donors (Lipinski definition) is 2. The Balaban J connectivity index is 1.48. The molecule has 0 aliphatic rings. The second-order valence-corrected chi connectivity index (χ2v) is 8.72. The minimum absolute atomic E-state index is 0.231. The number of benzene rings is 3. The maximum atomic E-state index is 12.7. The van der Waals surface area contributed by atoms with Crippen molar-refractivity contribution < 1.29 is 8.42 Å². The third-order valence-electron chi connectivity index (χ3n) is 4.95. The minimum Gasteiger partial charge on any atom is -0.338 e. The zero-order valence-corrected chi connectivity index (χ0v) is 17.0. The van der Waals surface area contributed by atoms with Crippen LogP contribution in [0.25, 0.3) is 22.4 Å². The van der Waals surface area contributed by atoms with Crippen molar-refractivity contribution >= 4 is 21.1 Å². The van der Waals surface area contributed by atoms with E-state index in [0.29, 0.717) is 18.5 Å². The Labute approximate surface area is 170 Å². The Morgan fingerprint density at radius 1 is 0.931 bits per heavy atom. The van der Waals surface area contributed by atoms with Crippen LogP contribution in [-0.2, 0) is 22.9 Å². The quantitative estimate of drug-likeness (QED) is 0.481. The van der Waals surface area contributed by atoms with E-state index in [-0.39, 0.29) is 4.90 Å². The van der Waals surface area contributed by atoms with Crippen molar-refractivity contribution in [1.82, 2.24) is 14.7 Å². The molecule has 1 heterocycles. The van der Waals surface area contributed by atoms with Gasteiger partial charge in [0.1, 0.15) is 5.82 Å². The van der Waals surface area contributed by atoms with Crippen LogP contribution in [0, 0.1) is 0 Å². The predicted octanol–water partition coefficient (Wildman–Crippen LogP) is 4.31. The smallest absolute Gasteiger partial charge is 0.240 e. The van der Waals surface area contributed by atoms with Gasteiger partial charge >= 0.3 is 0 Å². The summed E-state index contributed by atoms with van der Waals surface area (Å²) in [5, 5.41) is 0. The predicted molar refractivity (Wildman–Crippen MR) is 116 cm³/mol. The number of H-pyrrole nitrogens is 1. The van der Waals surface area contributed by atoms with Gasteiger partial charge in [0, 0.05) is 12.1 Å². The molecule has 0 amide bonds. The molecule has 0 atom stereocenters. The van der Waals surface area contributed by atoms with Gasteiger partial charge in [0.25, 0.3) is 0 Å². The summed E-state index contributed by atoms with van der Waals surface area (Å²) in [6.45, 7) is 2.46. The molecule has 0 unspecified atom stereocenters. The van der Waals surface area contributed by atoms with Gasteiger partial charge in [0.2, 0.25) is 10.0 Å². The van der Waals surface area contributed by atoms with Gasteiger partial charge in [-0.2, -0.15) is 0 Å². The van der Waals surface area contributed by atoms with Gasteiger partial charge in [0.05, 0.1) is 15.9 Å². The lowest BCUT2D eigenvalue weighted by Gasteiger charge is -2.07. The maximum absolute atomic E-state index is 12.7. The van der Waals surface area contributed by atoms with Crippen molar-refractivity contribution in [3.63, 3.8) is 0 Å². The van der Waals surface area contributed by atoms with Gasteiger partial charge in [-0.15, -0.1) is 0 Å². The van der Waals surface area contributed by atoms with Crippen molar-refractivity contribution in [3.05, 3.63) is 83.9 Å². The van der Waals surface area contributed by atoms with E-state index in [1.54, 1.807) is 18.2 Å². The third-order valence-corrected chi connectivity index (χ3v) is 6.41. The highest BCUT2D eigenvalue weighted by molar-refractivity contribution is 7.89.